The fraction of sp³-hybridized carbons (Fsp3) is 0.286. The first-order valence-corrected chi connectivity index (χ1v) is 6.70. The zero-order valence-corrected chi connectivity index (χ0v) is 11.5. The molecule has 2 aromatic rings. The molecule has 1 heterocycles. The number of Topliss-reactive ketones (excluding diaryl/α,β-unsaturated/α-hetero) is 1. The van der Waals surface area contributed by atoms with Gasteiger partial charge in [-0.05, 0) is 31.9 Å². The number of hydrogen-bond donors (Lipinski definition) is 0. The molecule has 1 aromatic carbocycles. The number of aromatic nitrogens is 1. The third kappa shape index (κ3) is 2.82. The Kier molecular flexibility index (Phi) is 3.87. The molecule has 0 bridgehead atoms. The van der Waals surface area contributed by atoms with E-state index in [-0.39, 0.29) is 5.78 Å². The zero-order chi connectivity index (χ0) is 13.1. The summed E-state index contributed by atoms with van der Waals surface area (Å²) in [5, 5.41) is 0.533. The summed E-state index contributed by atoms with van der Waals surface area (Å²) in [6, 6.07) is 4.08. The van der Waals surface area contributed by atoms with E-state index < -0.39 is 0 Å². The molecule has 94 valence electrons. The highest BCUT2D eigenvalue weighted by Crippen LogP contribution is 2.21. The number of nitrogens with zero attached hydrogens (tertiary/aromatic N) is 1. The number of carbonyl (C=O) groups excluding carboxylic acids is 1. The number of carbonyl (C=O) groups is 1. The lowest BCUT2D eigenvalue weighted by atomic mass is 9.97. The standard InChI is InChI=1S/C14H15NO2S/c1-9-6-10(2)13(11(3)7-9)12(16)8-18-14-15-4-5-17-14/h4-7H,8H2,1-3H3. The van der Waals surface area contributed by atoms with Gasteiger partial charge in [0.05, 0.1) is 11.9 Å². The maximum absolute atomic E-state index is 12.2. The molecule has 0 N–H and O–H groups in total. The van der Waals surface area contributed by atoms with E-state index in [2.05, 4.69) is 4.98 Å². The van der Waals surface area contributed by atoms with Gasteiger partial charge in [0, 0.05) is 5.56 Å². The summed E-state index contributed by atoms with van der Waals surface area (Å²) < 4.78 is 5.10. The van der Waals surface area contributed by atoms with Gasteiger partial charge in [0.1, 0.15) is 6.26 Å². The SMILES string of the molecule is Cc1cc(C)c(C(=O)CSc2ncco2)c(C)c1. The van der Waals surface area contributed by atoms with Crippen LogP contribution in [-0.2, 0) is 0 Å². The van der Waals surface area contributed by atoms with Crippen molar-refractivity contribution in [3.63, 3.8) is 0 Å². The number of ketones is 1. The van der Waals surface area contributed by atoms with Crippen molar-refractivity contribution in [1.82, 2.24) is 4.98 Å². The van der Waals surface area contributed by atoms with Gasteiger partial charge >= 0.3 is 0 Å². The van der Waals surface area contributed by atoms with Gasteiger partial charge in [0.2, 0.25) is 0 Å². The Hall–Kier alpha value is -1.55. The van der Waals surface area contributed by atoms with Crippen LogP contribution >= 0.6 is 11.8 Å². The van der Waals surface area contributed by atoms with Crippen molar-refractivity contribution in [3.8, 4) is 0 Å². The first-order valence-electron chi connectivity index (χ1n) is 5.71. The second kappa shape index (κ2) is 5.40. The summed E-state index contributed by atoms with van der Waals surface area (Å²) in [6.45, 7) is 5.99. The van der Waals surface area contributed by atoms with E-state index >= 15 is 0 Å². The maximum atomic E-state index is 12.2. The van der Waals surface area contributed by atoms with E-state index in [1.807, 2.05) is 32.9 Å². The summed E-state index contributed by atoms with van der Waals surface area (Å²) in [6.07, 6.45) is 3.09. The number of benzene rings is 1. The van der Waals surface area contributed by atoms with Crippen LogP contribution in [0.5, 0.6) is 0 Å². The van der Waals surface area contributed by atoms with Crippen LogP contribution in [0.25, 0.3) is 0 Å². The van der Waals surface area contributed by atoms with Gasteiger partial charge in [-0.3, -0.25) is 4.79 Å². The normalized spacial score (nSPS) is 10.6. The van der Waals surface area contributed by atoms with Crippen LogP contribution in [0.2, 0.25) is 0 Å². The molecule has 0 unspecified atom stereocenters. The molecule has 0 radical (unpaired) electrons. The number of thioether (sulfide) groups is 1. The minimum Gasteiger partial charge on any atom is -0.440 e. The Morgan fingerprint density at radius 1 is 1.28 bits per heavy atom. The molecule has 0 saturated heterocycles. The van der Waals surface area contributed by atoms with Crippen LogP contribution in [0.15, 0.2) is 34.2 Å². The largest absolute Gasteiger partial charge is 0.440 e. The topological polar surface area (TPSA) is 43.1 Å². The predicted molar refractivity (Wildman–Crippen MR) is 72.2 cm³/mol. The molecule has 2 rings (SSSR count). The van der Waals surface area contributed by atoms with Gasteiger partial charge in [0.15, 0.2) is 5.78 Å². The third-order valence-electron chi connectivity index (χ3n) is 2.69. The zero-order valence-electron chi connectivity index (χ0n) is 10.7. The Morgan fingerprint density at radius 3 is 2.50 bits per heavy atom. The van der Waals surface area contributed by atoms with Crippen LogP contribution in [0.3, 0.4) is 0 Å². The average molecular weight is 261 g/mol. The van der Waals surface area contributed by atoms with Crippen LogP contribution in [0, 0.1) is 20.8 Å². The van der Waals surface area contributed by atoms with Gasteiger partial charge in [-0.2, -0.15) is 0 Å². The number of oxazole rings is 1. The number of aryl methyl sites for hydroxylation is 3. The first kappa shape index (κ1) is 12.9. The van der Waals surface area contributed by atoms with Crippen molar-refractivity contribution >= 4 is 17.5 Å². The van der Waals surface area contributed by atoms with E-state index in [0.717, 1.165) is 16.7 Å². The van der Waals surface area contributed by atoms with Crippen LogP contribution in [-0.4, -0.2) is 16.5 Å². The third-order valence-corrected chi connectivity index (χ3v) is 3.55. The second-order valence-corrected chi connectivity index (χ2v) is 5.21. The smallest absolute Gasteiger partial charge is 0.255 e. The Labute approximate surface area is 111 Å². The molecule has 0 aliphatic rings. The van der Waals surface area contributed by atoms with Crippen molar-refractivity contribution < 1.29 is 9.21 Å². The molecular formula is C14H15NO2S. The van der Waals surface area contributed by atoms with E-state index in [1.165, 1.54) is 23.6 Å². The summed E-state index contributed by atoms with van der Waals surface area (Å²) in [5.41, 5.74) is 4.07. The quantitative estimate of drug-likeness (QED) is 0.623. The van der Waals surface area contributed by atoms with Gasteiger partial charge < -0.3 is 4.42 Å². The summed E-state index contributed by atoms with van der Waals surface area (Å²) in [7, 11) is 0. The molecular weight excluding hydrogens is 246 g/mol. The molecule has 1 aromatic heterocycles. The summed E-state index contributed by atoms with van der Waals surface area (Å²) >= 11 is 1.32. The second-order valence-electron chi connectivity index (χ2n) is 4.28. The highest BCUT2D eigenvalue weighted by atomic mass is 32.2. The molecule has 0 atom stereocenters. The lowest BCUT2D eigenvalue weighted by Gasteiger charge is -2.09. The Bertz CT molecular complexity index is 538. The van der Waals surface area contributed by atoms with Gasteiger partial charge in [-0.1, -0.05) is 29.5 Å². The van der Waals surface area contributed by atoms with Crippen molar-refractivity contribution in [3.05, 3.63) is 46.8 Å². The molecule has 4 heteroatoms. The molecule has 3 nitrogen and oxygen atoms in total. The average Bonchev–Trinajstić information content (AvgIpc) is 2.77. The fourth-order valence-electron chi connectivity index (χ4n) is 2.10. The minimum atomic E-state index is 0.119. The van der Waals surface area contributed by atoms with E-state index in [9.17, 15) is 4.79 Å². The van der Waals surface area contributed by atoms with Crippen molar-refractivity contribution in [2.24, 2.45) is 0 Å². The van der Waals surface area contributed by atoms with E-state index in [1.54, 1.807) is 6.20 Å². The van der Waals surface area contributed by atoms with Crippen LogP contribution in [0.4, 0.5) is 0 Å². The molecule has 0 saturated carbocycles. The van der Waals surface area contributed by atoms with Gasteiger partial charge in [-0.15, -0.1) is 0 Å². The first-order chi connectivity index (χ1) is 8.58. The van der Waals surface area contributed by atoms with Crippen LogP contribution in [0.1, 0.15) is 27.0 Å². The summed E-state index contributed by atoms with van der Waals surface area (Å²) in [5.74, 6) is 0.471. The predicted octanol–water partition coefficient (Wildman–Crippen LogP) is 3.57. The fourth-order valence-corrected chi connectivity index (χ4v) is 2.76. The molecule has 0 fully saturated rings. The highest BCUT2D eigenvalue weighted by molar-refractivity contribution is 7.99. The Balaban J connectivity index is 2.14. The van der Waals surface area contributed by atoms with Crippen molar-refractivity contribution in [1.29, 1.82) is 0 Å². The van der Waals surface area contributed by atoms with E-state index in [0.29, 0.717) is 11.0 Å². The number of hydrogen-bond acceptors (Lipinski definition) is 4. The van der Waals surface area contributed by atoms with Crippen LogP contribution < -0.4 is 0 Å². The van der Waals surface area contributed by atoms with Crippen molar-refractivity contribution in [2.75, 3.05) is 5.75 Å². The van der Waals surface area contributed by atoms with Gasteiger partial charge in [-0.25, -0.2) is 4.98 Å². The summed E-state index contributed by atoms with van der Waals surface area (Å²) in [4.78, 5) is 16.2. The lowest BCUT2D eigenvalue weighted by molar-refractivity contribution is 0.102. The maximum Gasteiger partial charge on any atom is 0.255 e. The minimum absolute atomic E-state index is 0.119. The molecule has 0 amide bonds. The molecule has 18 heavy (non-hydrogen) atoms. The van der Waals surface area contributed by atoms with Crippen molar-refractivity contribution in [2.45, 2.75) is 26.0 Å². The molecule has 0 spiro atoms. The number of rotatable bonds is 4. The Morgan fingerprint density at radius 2 is 1.94 bits per heavy atom. The van der Waals surface area contributed by atoms with E-state index in [4.69, 9.17) is 4.42 Å². The van der Waals surface area contributed by atoms with Gasteiger partial charge in [0.25, 0.3) is 5.22 Å². The molecule has 0 aliphatic carbocycles. The monoisotopic (exact) mass is 261 g/mol. The molecule has 0 aliphatic heterocycles. The lowest BCUT2D eigenvalue weighted by Crippen LogP contribution is -2.07. The highest BCUT2D eigenvalue weighted by Gasteiger charge is 2.14.